The quantitative estimate of drug-likeness (QED) is 0.646. The number of unbranched alkanes of at least 4 members (excludes halogenated alkanes) is 2. The number of amides is 1. The van der Waals surface area contributed by atoms with Crippen molar-refractivity contribution < 1.29 is 9.53 Å². The Morgan fingerprint density at radius 3 is 2.90 bits per heavy atom. The Morgan fingerprint density at radius 1 is 1.30 bits per heavy atom. The summed E-state index contributed by atoms with van der Waals surface area (Å²) < 4.78 is 4.99. The topological polar surface area (TPSA) is 63.2 Å². The third-order valence-corrected chi connectivity index (χ3v) is 2.91. The number of ether oxygens (including phenoxy) is 1. The van der Waals surface area contributed by atoms with Crippen LogP contribution >= 0.6 is 0 Å². The molecule has 0 aliphatic rings. The van der Waals surface area contributed by atoms with Gasteiger partial charge in [-0.2, -0.15) is 0 Å². The third-order valence-electron chi connectivity index (χ3n) is 2.91. The maximum Gasteiger partial charge on any atom is 0.269 e. The van der Waals surface area contributed by atoms with Crippen LogP contribution in [-0.2, 0) is 4.74 Å². The van der Waals surface area contributed by atoms with Gasteiger partial charge in [-0.3, -0.25) is 9.78 Å². The molecule has 0 atom stereocenters. The summed E-state index contributed by atoms with van der Waals surface area (Å²) in [6, 6.07) is 3.64. The van der Waals surface area contributed by atoms with Gasteiger partial charge in [-0.15, -0.1) is 0 Å². The van der Waals surface area contributed by atoms with Gasteiger partial charge in [0.1, 0.15) is 5.69 Å². The van der Waals surface area contributed by atoms with Crippen LogP contribution in [-0.4, -0.2) is 37.7 Å². The number of carbonyl (C=O) groups excluding carboxylic acids is 1. The van der Waals surface area contributed by atoms with Crippen LogP contribution in [0.5, 0.6) is 0 Å². The Balaban J connectivity index is 2.39. The summed E-state index contributed by atoms with van der Waals surface area (Å²) in [4.78, 5) is 16.0. The Labute approximate surface area is 121 Å². The van der Waals surface area contributed by atoms with Crippen molar-refractivity contribution in [3.05, 3.63) is 24.0 Å². The Morgan fingerprint density at radius 2 is 2.15 bits per heavy atom. The Kier molecular flexibility index (Phi) is 8.38. The van der Waals surface area contributed by atoms with E-state index in [0.29, 0.717) is 12.2 Å². The standard InChI is InChI=1S/C15H25N3O2/c1-3-4-5-8-18-15(19)14-12-13(7-10-17-14)16-9-6-11-20-2/h7,10,12H,3-6,8-9,11H2,1-2H3,(H,16,17)(H,18,19). The predicted molar refractivity (Wildman–Crippen MR) is 81.1 cm³/mol. The molecule has 0 aliphatic carbocycles. The maximum atomic E-state index is 11.9. The van der Waals surface area contributed by atoms with Crippen LogP contribution in [0.3, 0.4) is 0 Å². The van der Waals surface area contributed by atoms with E-state index in [1.165, 1.54) is 0 Å². The summed E-state index contributed by atoms with van der Waals surface area (Å²) in [6.45, 7) is 4.39. The molecule has 0 spiro atoms. The fraction of sp³-hybridized carbons (Fsp3) is 0.600. The van der Waals surface area contributed by atoms with Crippen LogP contribution in [0.15, 0.2) is 18.3 Å². The molecule has 1 heterocycles. The number of nitrogens with zero attached hydrogens (tertiary/aromatic N) is 1. The lowest BCUT2D eigenvalue weighted by atomic mass is 10.2. The molecular formula is C15H25N3O2. The highest BCUT2D eigenvalue weighted by molar-refractivity contribution is 5.93. The van der Waals surface area contributed by atoms with Crippen molar-refractivity contribution in [3.8, 4) is 0 Å². The van der Waals surface area contributed by atoms with Gasteiger partial charge in [0.05, 0.1) is 0 Å². The number of aromatic nitrogens is 1. The van der Waals surface area contributed by atoms with Crippen molar-refractivity contribution in [2.45, 2.75) is 32.6 Å². The number of pyridine rings is 1. The Bertz CT molecular complexity index is 396. The molecule has 0 aromatic carbocycles. The van der Waals surface area contributed by atoms with E-state index in [2.05, 4.69) is 22.5 Å². The van der Waals surface area contributed by atoms with E-state index >= 15 is 0 Å². The normalized spacial score (nSPS) is 10.3. The average molecular weight is 279 g/mol. The number of nitrogens with one attached hydrogen (secondary N) is 2. The monoisotopic (exact) mass is 279 g/mol. The fourth-order valence-electron chi connectivity index (χ4n) is 1.78. The molecule has 1 rings (SSSR count). The first-order valence-corrected chi connectivity index (χ1v) is 7.25. The van der Waals surface area contributed by atoms with E-state index in [-0.39, 0.29) is 5.91 Å². The first-order chi connectivity index (χ1) is 9.77. The van der Waals surface area contributed by atoms with Gasteiger partial charge in [0.15, 0.2) is 0 Å². The van der Waals surface area contributed by atoms with Crippen molar-refractivity contribution >= 4 is 11.6 Å². The highest BCUT2D eigenvalue weighted by Gasteiger charge is 2.06. The molecule has 0 unspecified atom stereocenters. The number of hydrogen-bond acceptors (Lipinski definition) is 4. The molecule has 1 amide bonds. The van der Waals surface area contributed by atoms with Gasteiger partial charge in [0, 0.05) is 38.7 Å². The van der Waals surface area contributed by atoms with Crippen LogP contribution in [0.25, 0.3) is 0 Å². The van der Waals surface area contributed by atoms with E-state index in [0.717, 1.165) is 44.5 Å². The maximum absolute atomic E-state index is 11.9. The minimum Gasteiger partial charge on any atom is -0.385 e. The van der Waals surface area contributed by atoms with Crippen molar-refractivity contribution in [2.75, 3.05) is 32.1 Å². The SMILES string of the molecule is CCCCCNC(=O)c1cc(NCCCOC)ccn1. The lowest BCUT2D eigenvalue weighted by molar-refractivity contribution is 0.0948. The van der Waals surface area contributed by atoms with E-state index < -0.39 is 0 Å². The second kappa shape index (κ2) is 10.2. The number of rotatable bonds is 10. The molecule has 5 heteroatoms. The van der Waals surface area contributed by atoms with E-state index in [1.807, 2.05) is 6.07 Å². The minimum atomic E-state index is -0.110. The largest absolute Gasteiger partial charge is 0.385 e. The zero-order valence-electron chi connectivity index (χ0n) is 12.4. The van der Waals surface area contributed by atoms with Crippen molar-refractivity contribution in [3.63, 3.8) is 0 Å². The smallest absolute Gasteiger partial charge is 0.269 e. The number of carbonyl (C=O) groups is 1. The molecule has 0 radical (unpaired) electrons. The molecule has 1 aromatic heterocycles. The molecule has 20 heavy (non-hydrogen) atoms. The first kappa shape index (κ1) is 16.4. The molecule has 0 fully saturated rings. The molecule has 0 saturated carbocycles. The number of anilines is 1. The lowest BCUT2D eigenvalue weighted by Crippen LogP contribution is -2.25. The van der Waals surface area contributed by atoms with Crippen LogP contribution in [0.4, 0.5) is 5.69 Å². The Hall–Kier alpha value is -1.62. The van der Waals surface area contributed by atoms with Crippen molar-refractivity contribution in [1.29, 1.82) is 0 Å². The highest BCUT2D eigenvalue weighted by atomic mass is 16.5. The van der Waals surface area contributed by atoms with Gasteiger partial charge < -0.3 is 15.4 Å². The van der Waals surface area contributed by atoms with Crippen LogP contribution in [0.2, 0.25) is 0 Å². The summed E-state index contributed by atoms with van der Waals surface area (Å²) in [5.74, 6) is -0.110. The van der Waals surface area contributed by atoms with Crippen LogP contribution in [0, 0.1) is 0 Å². The minimum absolute atomic E-state index is 0.110. The summed E-state index contributed by atoms with van der Waals surface area (Å²) in [7, 11) is 1.69. The third kappa shape index (κ3) is 6.52. The molecule has 5 nitrogen and oxygen atoms in total. The summed E-state index contributed by atoms with van der Waals surface area (Å²) in [5, 5.41) is 6.14. The second-order valence-corrected chi connectivity index (χ2v) is 4.67. The molecule has 2 N–H and O–H groups in total. The summed E-state index contributed by atoms with van der Waals surface area (Å²) in [5.41, 5.74) is 1.37. The summed E-state index contributed by atoms with van der Waals surface area (Å²) in [6.07, 6.45) is 5.87. The van der Waals surface area contributed by atoms with Crippen LogP contribution < -0.4 is 10.6 Å². The molecule has 1 aromatic rings. The molecule has 0 saturated heterocycles. The highest BCUT2D eigenvalue weighted by Crippen LogP contribution is 2.08. The van der Waals surface area contributed by atoms with Gasteiger partial charge in [0.2, 0.25) is 0 Å². The van der Waals surface area contributed by atoms with Gasteiger partial charge >= 0.3 is 0 Å². The number of methoxy groups -OCH3 is 1. The average Bonchev–Trinajstić information content (AvgIpc) is 2.48. The number of hydrogen-bond donors (Lipinski definition) is 2. The molecular weight excluding hydrogens is 254 g/mol. The predicted octanol–water partition coefficient (Wildman–Crippen LogP) is 2.45. The second-order valence-electron chi connectivity index (χ2n) is 4.67. The van der Waals surface area contributed by atoms with E-state index in [1.54, 1.807) is 19.4 Å². The van der Waals surface area contributed by atoms with Gasteiger partial charge in [-0.25, -0.2) is 0 Å². The molecule has 112 valence electrons. The first-order valence-electron chi connectivity index (χ1n) is 7.25. The fourth-order valence-corrected chi connectivity index (χ4v) is 1.78. The molecule has 0 aliphatic heterocycles. The zero-order chi connectivity index (χ0) is 14.6. The van der Waals surface area contributed by atoms with Gasteiger partial charge in [-0.05, 0) is 25.0 Å². The van der Waals surface area contributed by atoms with Gasteiger partial charge in [-0.1, -0.05) is 19.8 Å². The van der Waals surface area contributed by atoms with E-state index in [4.69, 9.17) is 4.74 Å². The van der Waals surface area contributed by atoms with Crippen molar-refractivity contribution in [2.24, 2.45) is 0 Å². The van der Waals surface area contributed by atoms with Crippen LogP contribution in [0.1, 0.15) is 43.1 Å². The zero-order valence-corrected chi connectivity index (χ0v) is 12.4. The lowest BCUT2D eigenvalue weighted by Gasteiger charge is -2.08. The molecule has 0 bridgehead atoms. The van der Waals surface area contributed by atoms with E-state index in [9.17, 15) is 4.79 Å². The summed E-state index contributed by atoms with van der Waals surface area (Å²) >= 11 is 0. The van der Waals surface area contributed by atoms with Gasteiger partial charge in [0.25, 0.3) is 5.91 Å². The van der Waals surface area contributed by atoms with Crippen molar-refractivity contribution in [1.82, 2.24) is 10.3 Å².